The van der Waals surface area contributed by atoms with Crippen LogP contribution in [0.25, 0.3) is 0 Å². The van der Waals surface area contributed by atoms with Crippen LogP contribution in [0.1, 0.15) is 98.8 Å². The van der Waals surface area contributed by atoms with Crippen LogP contribution in [0.4, 0.5) is 0 Å². The van der Waals surface area contributed by atoms with Crippen molar-refractivity contribution < 1.29 is 9.90 Å². The van der Waals surface area contributed by atoms with Gasteiger partial charge in [0.15, 0.2) is 0 Å². The predicted molar refractivity (Wildman–Crippen MR) is 107 cm³/mol. The summed E-state index contributed by atoms with van der Waals surface area (Å²) in [7, 11) is 0. The van der Waals surface area contributed by atoms with Gasteiger partial charge in [0.2, 0.25) is 0 Å². The highest BCUT2D eigenvalue weighted by Gasteiger charge is 2.16. The Labute approximate surface area is 151 Å². The summed E-state index contributed by atoms with van der Waals surface area (Å²) in [5, 5.41) is 8.82. The first-order valence-corrected chi connectivity index (χ1v) is 9.95. The third-order valence-electron chi connectivity index (χ3n) is 4.27. The first kappa shape index (κ1) is 25.2. The minimum Gasteiger partial charge on any atom is -0.481 e. The molecule has 2 unspecified atom stereocenters. The Morgan fingerprint density at radius 3 is 2.08 bits per heavy atom. The van der Waals surface area contributed by atoms with E-state index < -0.39 is 11.9 Å². The molecule has 0 aliphatic carbocycles. The summed E-state index contributed by atoms with van der Waals surface area (Å²) in [6.45, 7) is 14.4. The van der Waals surface area contributed by atoms with Gasteiger partial charge < -0.3 is 5.11 Å². The lowest BCUT2D eigenvalue weighted by atomic mass is 9.90. The number of allylic oxidation sites excluding steroid dienone is 2. The second-order valence-electron chi connectivity index (χ2n) is 6.90. The molecule has 0 aromatic carbocycles. The highest BCUT2D eigenvalue weighted by Crippen LogP contribution is 2.22. The molecule has 0 bridgehead atoms. The van der Waals surface area contributed by atoms with Gasteiger partial charge >= 0.3 is 5.97 Å². The second-order valence-corrected chi connectivity index (χ2v) is 6.90. The summed E-state index contributed by atoms with van der Waals surface area (Å²) in [6.07, 6.45) is 16.9. The normalized spacial score (nSPS) is 13.2. The molecule has 0 spiro atoms. The van der Waals surface area contributed by atoms with Crippen molar-refractivity contribution in [1.29, 1.82) is 0 Å². The molecule has 0 rings (SSSR count). The number of aliphatic carboxylic acids is 1. The molecule has 2 heteroatoms. The lowest BCUT2D eigenvalue weighted by molar-refractivity contribution is -0.139. The molecule has 0 amide bonds. The molecule has 1 N–H and O–H groups in total. The van der Waals surface area contributed by atoms with E-state index in [0.717, 1.165) is 12.0 Å². The van der Waals surface area contributed by atoms with Crippen LogP contribution in [0.15, 0.2) is 24.3 Å². The van der Waals surface area contributed by atoms with Gasteiger partial charge in [-0.1, -0.05) is 90.5 Å². The van der Waals surface area contributed by atoms with Gasteiger partial charge in [0.05, 0.1) is 5.92 Å². The van der Waals surface area contributed by atoms with Crippen LogP contribution in [0, 0.1) is 11.8 Å². The fourth-order valence-electron chi connectivity index (χ4n) is 2.44. The van der Waals surface area contributed by atoms with Crippen molar-refractivity contribution in [3.8, 4) is 0 Å². The molecule has 24 heavy (non-hydrogen) atoms. The maximum absolute atomic E-state index is 10.7. The van der Waals surface area contributed by atoms with Crippen molar-refractivity contribution in [1.82, 2.24) is 0 Å². The fraction of sp³-hybridized carbons (Fsp3) is 0.773. The van der Waals surface area contributed by atoms with E-state index >= 15 is 0 Å². The van der Waals surface area contributed by atoms with Gasteiger partial charge in [-0.3, -0.25) is 4.79 Å². The quantitative estimate of drug-likeness (QED) is 0.280. The topological polar surface area (TPSA) is 37.3 Å². The standard InChI is InChI=1S/C13H24O2.C9H18/c1-5-6-7-8-10(2)9-11(3)12(4)13(14)15;1-3-5-7-9-8-6-4-2/h10,12H,3,5-9H2,1-2,4H3,(H,14,15);5,7H,3-4,6,8-9H2,1-2H3. The summed E-state index contributed by atoms with van der Waals surface area (Å²) in [6, 6.07) is 0. The van der Waals surface area contributed by atoms with Crippen LogP contribution in [0.3, 0.4) is 0 Å². The number of unbranched alkanes of at least 4 members (excludes halogenated alkanes) is 5. The van der Waals surface area contributed by atoms with Gasteiger partial charge in [-0.25, -0.2) is 0 Å². The first-order valence-electron chi connectivity index (χ1n) is 9.95. The summed E-state index contributed by atoms with van der Waals surface area (Å²) >= 11 is 0. The molecular formula is C22H42O2. The van der Waals surface area contributed by atoms with Crippen LogP contribution < -0.4 is 0 Å². The van der Waals surface area contributed by atoms with E-state index in [-0.39, 0.29) is 0 Å². The third-order valence-corrected chi connectivity index (χ3v) is 4.27. The maximum atomic E-state index is 10.7. The SMILES string of the molecule is C=C(CC(C)CCCCC)C(C)C(=O)O.CCC=CCCCCC. The Hall–Kier alpha value is -1.05. The molecule has 0 aliphatic rings. The maximum Gasteiger partial charge on any atom is 0.310 e. The highest BCUT2D eigenvalue weighted by atomic mass is 16.4. The largest absolute Gasteiger partial charge is 0.481 e. The number of hydrogen-bond donors (Lipinski definition) is 1. The average Bonchev–Trinajstić information content (AvgIpc) is 2.54. The Morgan fingerprint density at radius 2 is 1.58 bits per heavy atom. The lowest BCUT2D eigenvalue weighted by Gasteiger charge is -2.15. The van der Waals surface area contributed by atoms with Gasteiger partial charge in [0.1, 0.15) is 0 Å². The van der Waals surface area contributed by atoms with Gasteiger partial charge in [-0.05, 0) is 38.5 Å². The van der Waals surface area contributed by atoms with Crippen molar-refractivity contribution in [3.63, 3.8) is 0 Å². The molecule has 142 valence electrons. The zero-order chi connectivity index (χ0) is 18.8. The highest BCUT2D eigenvalue weighted by molar-refractivity contribution is 5.72. The zero-order valence-electron chi connectivity index (χ0n) is 16.9. The fourth-order valence-corrected chi connectivity index (χ4v) is 2.44. The van der Waals surface area contributed by atoms with E-state index in [1.165, 1.54) is 57.8 Å². The molecule has 0 heterocycles. The Kier molecular flexibility index (Phi) is 19.2. The summed E-state index contributed by atoms with van der Waals surface area (Å²) < 4.78 is 0. The number of carbonyl (C=O) groups is 1. The third kappa shape index (κ3) is 17.3. The Balaban J connectivity index is 0. The minimum atomic E-state index is -0.763. The van der Waals surface area contributed by atoms with E-state index in [4.69, 9.17) is 5.11 Å². The number of rotatable bonds is 13. The van der Waals surface area contributed by atoms with E-state index in [1.807, 2.05) is 0 Å². The summed E-state index contributed by atoms with van der Waals surface area (Å²) in [5.41, 5.74) is 0.853. The lowest BCUT2D eigenvalue weighted by Crippen LogP contribution is -2.13. The van der Waals surface area contributed by atoms with E-state index in [0.29, 0.717) is 5.92 Å². The van der Waals surface area contributed by atoms with Crippen molar-refractivity contribution in [3.05, 3.63) is 24.3 Å². The van der Waals surface area contributed by atoms with Crippen LogP contribution in [-0.4, -0.2) is 11.1 Å². The molecule has 2 atom stereocenters. The molecule has 0 saturated carbocycles. The molecule has 0 fully saturated rings. The van der Waals surface area contributed by atoms with Crippen LogP contribution >= 0.6 is 0 Å². The van der Waals surface area contributed by atoms with Gasteiger partial charge in [0.25, 0.3) is 0 Å². The van der Waals surface area contributed by atoms with E-state index in [1.54, 1.807) is 6.92 Å². The monoisotopic (exact) mass is 338 g/mol. The average molecular weight is 339 g/mol. The number of hydrogen-bond acceptors (Lipinski definition) is 1. The van der Waals surface area contributed by atoms with Crippen molar-refractivity contribution >= 4 is 5.97 Å². The molecule has 0 aromatic rings. The van der Waals surface area contributed by atoms with Gasteiger partial charge in [0, 0.05) is 0 Å². The molecular weight excluding hydrogens is 296 g/mol. The smallest absolute Gasteiger partial charge is 0.310 e. The van der Waals surface area contributed by atoms with Crippen molar-refractivity contribution in [2.75, 3.05) is 0 Å². The van der Waals surface area contributed by atoms with E-state index in [2.05, 4.69) is 46.4 Å². The predicted octanol–water partition coefficient (Wildman–Crippen LogP) is 7.40. The number of carboxylic acids is 1. The first-order chi connectivity index (χ1) is 11.4. The van der Waals surface area contributed by atoms with Crippen LogP contribution in [0.2, 0.25) is 0 Å². The molecule has 0 saturated heterocycles. The summed E-state index contributed by atoms with van der Waals surface area (Å²) in [4.78, 5) is 10.7. The summed E-state index contributed by atoms with van der Waals surface area (Å²) in [5.74, 6) is -0.606. The molecule has 2 nitrogen and oxygen atoms in total. The zero-order valence-corrected chi connectivity index (χ0v) is 16.9. The molecule has 0 aromatic heterocycles. The minimum absolute atomic E-state index is 0.404. The van der Waals surface area contributed by atoms with Crippen LogP contribution in [0.5, 0.6) is 0 Å². The van der Waals surface area contributed by atoms with E-state index in [9.17, 15) is 4.79 Å². The second kappa shape index (κ2) is 18.3. The number of carboxylic acid groups (broad SMARTS) is 1. The molecule has 0 aliphatic heterocycles. The van der Waals surface area contributed by atoms with Crippen molar-refractivity contribution in [2.24, 2.45) is 11.8 Å². The Morgan fingerprint density at radius 1 is 1.00 bits per heavy atom. The van der Waals surface area contributed by atoms with Crippen LogP contribution in [-0.2, 0) is 4.79 Å². The molecule has 0 radical (unpaired) electrons. The van der Waals surface area contributed by atoms with Crippen molar-refractivity contribution in [2.45, 2.75) is 98.8 Å². The van der Waals surface area contributed by atoms with Gasteiger partial charge in [-0.15, -0.1) is 0 Å². The van der Waals surface area contributed by atoms with Gasteiger partial charge in [-0.2, -0.15) is 0 Å². The Bertz CT molecular complexity index is 331.